The molecule has 1 atom stereocenters. The monoisotopic (exact) mass is 235 g/mol. The number of halogens is 1. The molecule has 1 amide bonds. The molecule has 0 radical (unpaired) electrons. The second-order valence-electron chi connectivity index (χ2n) is 4.42. The molecular weight excluding hydrogens is 221 g/mol. The fourth-order valence-corrected chi connectivity index (χ4v) is 1.89. The van der Waals surface area contributed by atoms with Gasteiger partial charge in [0.25, 0.3) is 11.7 Å². The summed E-state index contributed by atoms with van der Waals surface area (Å²) in [5.41, 5.74) is 0.708. The molecule has 1 aromatic carbocycles. The van der Waals surface area contributed by atoms with E-state index in [0.29, 0.717) is 17.8 Å². The molecule has 0 N–H and O–H groups in total. The predicted molar refractivity (Wildman–Crippen MR) is 62.5 cm³/mol. The maximum absolute atomic E-state index is 13.2. The fraction of sp³-hybridized carbons (Fsp3) is 0.385. The Bertz CT molecular complexity index is 484. The number of fused-ring (bicyclic) bond motifs is 1. The average molecular weight is 235 g/mol. The summed E-state index contributed by atoms with van der Waals surface area (Å²) in [5.74, 6) is -1.24. The van der Waals surface area contributed by atoms with Crippen molar-refractivity contribution in [1.82, 2.24) is 0 Å². The predicted octanol–water partition coefficient (Wildman–Crippen LogP) is 2.40. The van der Waals surface area contributed by atoms with Gasteiger partial charge < -0.3 is 4.90 Å². The van der Waals surface area contributed by atoms with Crippen molar-refractivity contribution >= 4 is 17.4 Å². The highest BCUT2D eigenvalue weighted by Gasteiger charge is 2.36. The van der Waals surface area contributed by atoms with Crippen LogP contribution in [-0.4, -0.2) is 18.2 Å². The van der Waals surface area contributed by atoms with Gasteiger partial charge in [0, 0.05) is 6.54 Å². The Balaban J connectivity index is 2.39. The van der Waals surface area contributed by atoms with Crippen LogP contribution in [0.3, 0.4) is 0 Å². The van der Waals surface area contributed by atoms with Crippen molar-refractivity contribution in [2.45, 2.75) is 20.3 Å². The third-order valence-electron chi connectivity index (χ3n) is 3.13. The lowest BCUT2D eigenvalue weighted by molar-refractivity contribution is -0.114. The minimum atomic E-state index is -0.550. The molecule has 1 aliphatic heterocycles. The van der Waals surface area contributed by atoms with Gasteiger partial charge in [0.05, 0.1) is 11.3 Å². The van der Waals surface area contributed by atoms with E-state index in [1.165, 1.54) is 23.1 Å². The number of amides is 1. The summed E-state index contributed by atoms with van der Waals surface area (Å²) in [4.78, 5) is 24.8. The van der Waals surface area contributed by atoms with Crippen LogP contribution in [0.25, 0.3) is 0 Å². The highest BCUT2D eigenvalue weighted by molar-refractivity contribution is 6.52. The molecule has 1 unspecified atom stereocenters. The van der Waals surface area contributed by atoms with Crippen molar-refractivity contribution in [3.8, 4) is 0 Å². The molecule has 0 bridgehead atoms. The SMILES string of the molecule is CCC(C)CN1C(=O)C(=O)c2ccc(F)cc21. The van der Waals surface area contributed by atoms with Gasteiger partial charge >= 0.3 is 0 Å². The second kappa shape index (κ2) is 4.28. The van der Waals surface area contributed by atoms with Crippen molar-refractivity contribution in [2.75, 3.05) is 11.4 Å². The Morgan fingerprint density at radius 3 is 2.71 bits per heavy atom. The Labute approximate surface area is 99.2 Å². The normalized spacial score (nSPS) is 16.3. The Kier molecular flexibility index (Phi) is 2.96. The van der Waals surface area contributed by atoms with Crippen molar-refractivity contribution in [3.63, 3.8) is 0 Å². The van der Waals surface area contributed by atoms with Gasteiger partial charge in [-0.15, -0.1) is 0 Å². The van der Waals surface area contributed by atoms with E-state index in [1.807, 2.05) is 13.8 Å². The van der Waals surface area contributed by atoms with E-state index in [9.17, 15) is 14.0 Å². The number of hydrogen-bond acceptors (Lipinski definition) is 2. The molecule has 1 heterocycles. The molecule has 0 aliphatic carbocycles. The largest absolute Gasteiger partial charge is 0.304 e. The zero-order valence-corrected chi connectivity index (χ0v) is 9.87. The maximum Gasteiger partial charge on any atom is 0.299 e. The summed E-state index contributed by atoms with van der Waals surface area (Å²) in [6.45, 7) is 4.46. The zero-order chi connectivity index (χ0) is 12.6. The molecule has 0 saturated carbocycles. The third kappa shape index (κ3) is 1.95. The van der Waals surface area contributed by atoms with Crippen LogP contribution in [0.15, 0.2) is 18.2 Å². The number of hydrogen-bond donors (Lipinski definition) is 0. The van der Waals surface area contributed by atoms with Gasteiger partial charge in [0.15, 0.2) is 0 Å². The molecule has 1 aliphatic rings. The van der Waals surface area contributed by atoms with Crippen molar-refractivity contribution < 1.29 is 14.0 Å². The first kappa shape index (κ1) is 11.8. The highest BCUT2D eigenvalue weighted by atomic mass is 19.1. The zero-order valence-electron chi connectivity index (χ0n) is 9.87. The summed E-state index contributed by atoms with van der Waals surface area (Å²) >= 11 is 0. The summed E-state index contributed by atoms with van der Waals surface area (Å²) in [5, 5.41) is 0. The number of benzene rings is 1. The minimum absolute atomic E-state index is 0.279. The topological polar surface area (TPSA) is 37.4 Å². The van der Waals surface area contributed by atoms with Gasteiger partial charge in [-0.2, -0.15) is 0 Å². The van der Waals surface area contributed by atoms with Gasteiger partial charge in [-0.05, 0) is 24.1 Å². The number of anilines is 1. The number of carbonyl (C=O) groups is 2. The van der Waals surface area contributed by atoms with Crippen molar-refractivity contribution in [1.29, 1.82) is 0 Å². The first-order chi connectivity index (χ1) is 8.04. The first-order valence-electron chi connectivity index (χ1n) is 5.70. The molecule has 3 nitrogen and oxygen atoms in total. The van der Waals surface area contributed by atoms with E-state index in [-0.39, 0.29) is 5.92 Å². The number of Topliss-reactive ketones (excluding diaryl/α,β-unsaturated/α-hetero) is 1. The van der Waals surface area contributed by atoms with E-state index in [1.54, 1.807) is 0 Å². The lowest BCUT2D eigenvalue weighted by Crippen LogP contribution is -2.33. The Morgan fingerprint density at radius 2 is 2.06 bits per heavy atom. The second-order valence-corrected chi connectivity index (χ2v) is 4.42. The number of rotatable bonds is 3. The lowest BCUT2D eigenvalue weighted by atomic mass is 10.1. The minimum Gasteiger partial charge on any atom is -0.304 e. The molecular formula is C13H14FNO2. The van der Waals surface area contributed by atoms with Crippen LogP contribution in [0.4, 0.5) is 10.1 Å². The molecule has 90 valence electrons. The molecule has 1 aromatic rings. The maximum atomic E-state index is 13.2. The summed E-state index contributed by atoms with van der Waals surface area (Å²) in [7, 11) is 0. The smallest absolute Gasteiger partial charge is 0.299 e. The number of ketones is 1. The van der Waals surface area contributed by atoms with Crippen LogP contribution >= 0.6 is 0 Å². The van der Waals surface area contributed by atoms with Crippen LogP contribution < -0.4 is 4.90 Å². The highest BCUT2D eigenvalue weighted by Crippen LogP contribution is 2.30. The average Bonchev–Trinajstić information content (AvgIpc) is 2.54. The van der Waals surface area contributed by atoms with Gasteiger partial charge in [-0.1, -0.05) is 20.3 Å². The summed E-state index contributed by atoms with van der Waals surface area (Å²) < 4.78 is 13.2. The van der Waals surface area contributed by atoms with E-state index in [4.69, 9.17) is 0 Å². The Morgan fingerprint density at radius 1 is 1.35 bits per heavy atom. The van der Waals surface area contributed by atoms with E-state index in [2.05, 4.69) is 0 Å². The Hall–Kier alpha value is -1.71. The molecule has 4 heteroatoms. The van der Waals surface area contributed by atoms with Crippen molar-refractivity contribution in [3.05, 3.63) is 29.6 Å². The van der Waals surface area contributed by atoms with Gasteiger partial charge in [-0.25, -0.2) is 4.39 Å². The van der Waals surface area contributed by atoms with Crippen LogP contribution in [0.1, 0.15) is 30.6 Å². The standard InChI is InChI=1S/C13H14FNO2/c1-3-8(2)7-15-11-6-9(14)4-5-10(11)12(16)13(15)17/h4-6,8H,3,7H2,1-2H3. The van der Waals surface area contributed by atoms with Gasteiger partial charge in [-0.3, -0.25) is 9.59 Å². The van der Waals surface area contributed by atoms with Crippen LogP contribution in [0, 0.1) is 11.7 Å². The molecule has 17 heavy (non-hydrogen) atoms. The molecule has 2 rings (SSSR count). The molecule has 0 fully saturated rings. The van der Waals surface area contributed by atoms with Crippen LogP contribution in [0.5, 0.6) is 0 Å². The van der Waals surface area contributed by atoms with Crippen molar-refractivity contribution in [2.24, 2.45) is 5.92 Å². The summed E-state index contributed by atoms with van der Waals surface area (Å²) in [6.07, 6.45) is 0.905. The molecule has 0 spiro atoms. The first-order valence-corrected chi connectivity index (χ1v) is 5.70. The fourth-order valence-electron chi connectivity index (χ4n) is 1.89. The lowest BCUT2D eigenvalue weighted by Gasteiger charge is -2.20. The molecule has 0 saturated heterocycles. The molecule has 0 aromatic heterocycles. The third-order valence-corrected chi connectivity index (χ3v) is 3.13. The quantitative estimate of drug-likeness (QED) is 0.754. The van der Waals surface area contributed by atoms with E-state index in [0.717, 1.165) is 6.42 Å². The van der Waals surface area contributed by atoms with E-state index < -0.39 is 17.5 Å². The summed E-state index contributed by atoms with van der Waals surface area (Å²) in [6, 6.07) is 3.83. The number of nitrogens with zero attached hydrogens (tertiary/aromatic N) is 1. The van der Waals surface area contributed by atoms with Crippen LogP contribution in [-0.2, 0) is 4.79 Å². The van der Waals surface area contributed by atoms with Crippen LogP contribution in [0.2, 0.25) is 0 Å². The van der Waals surface area contributed by atoms with E-state index >= 15 is 0 Å². The number of carbonyl (C=O) groups excluding carboxylic acids is 2. The van der Waals surface area contributed by atoms with Gasteiger partial charge in [0.1, 0.15) is 5.82 Å². The van der Waals surface area contributed by atoms with Gasteiger partial charge in [0.2, 0.25) is 0 Å².